The van der Waals surface area contributed by atoms with Crippen LogP contribution in [0.5, 0.6) is 0 Å². The third-order valence-electron chi connectivity index (χ3n) is 2.76. The molecular formula is C10H17Cl3N2O. The summed E-state index contributed by atoms with van der Waals surface area (Å²) in [6, 6.07) is 0.263. The highest BCUT2D eigenvalue weighted by atomic mass is 35.6. The second-order valence-electron chi connectivity index (χ2n) is 4.41. The predicted octanol–water partition coefficient (Wildman–Crippen LogP) is 2.20. The first-order chi connectivity index (χ1) is 7.32. The van der Waals surface area contributed by atoms with Crippen LogP contribution in [0.3, 0.4) is 0 Å². The third kappa shape index (κ3) is 3.95. The van der Waals surface area contributed by atoms with Crippen LogP contribution in [-0.4, -0.2) is 40.3 Å². The summed E-state index contributed by atoms with van der Waals surface area (Å²) in [5.41, 5.74) is 0. The van der Waals surface area contributed by atoms with Crippen LogP contribution in [0.15, 0.2) is 0 Å². The Morgan fingerprint density at radius 1 is 1.44 bits per heavy atom. The van der Waals surface area contributed by atoms with E-state index in [0.29, 0.717) is 19.0 Å². The van der Waals surface area contributed by atoms with Gasteiger partial charge in [0.05, 0.1) is 0 Å². The number of rotatable bonds is 1. The number of alkyl halides is 3. The monoisotopic (exact) mass is 286 g/mol. The Morgan fingerprint density at radius 2 is 2.06 bits per heavy atom. The average Bonchev–Trinajstić information content (AvgIpc) is 2.40. The van der Waals surface area contributed by atoms with Crippen molar-refractivity contribution in [2.24, 2.45) is 5.92 Å². The van der Waals surface area contributed by atoms with Crippen molar-refractivity contribution in [1.82, 2.24) is 10.2 Å². The van der Waals surface area contributed by atoms with Gasteiger partial charge in [-0.05, 0) is 18.9 Å². The van der Waals surface area contributed by atoms with E-state index in [4.69, 9.17) is 34.8 Å². The molecule has 1 rings (SSSR count). The molecule has 1 atom stereocenters. The molecule has 1 aliphatic rings. The van der Waals surface area contributed by atoms with Crippen molar-refractivity contribution in [3.05, 3.63) is 0 Å². The van der Waals surface area contributed by atoms with Gasteiger partial charge in [-0.3, -0.25) is 4.79 Å². The van der Waals surface area contributed by atoms with E-state index < -0.39 is 9.70 Å². The van der Waals surface area contributed by atoms with Gasteiger partial charge in [0.15, 0.2) is 0 Å². The Hall–Kier alpha value is 0.300. The number of nitrogens with zero attached hydrogens (tertiary/aromatic N) is 1. The van der Waals surface area contributed by atoms with Gasteiger partial charge in [0.1, 0.15) is 0 Å². The van der Waals surface area contributed by atoms with Crippen LogP contribution in [0.2, 0.25) is 0 Å². The molecule has 0 aliphatic carbocycles. The highest BCUT2D eigenvalue weighted by Gasteiger charge is 2.36. The maximum absolute atomic E-state index is 11.8. The lowest BCUT2D eigenvalue weighted by molar-refractivity contribution is -0.130. The topological polar surface area (TPSA) is 32.3 Å². The highest BCUT2D eigenvalue weighted by molar-refractivity contribution is 6.76. The largest absolute Gasteiger partial charge is 0.337 e. The molecule has 0 radical (unpaired) electrons. The molecule has 94 valence electrons. The zero-order chi connectivity index (χ0) is 12.3. The van der Waals surface area contributed by atoms with E-state index in [-0.39, 0.29) is 6.04 Å². The van der Waals surface area contributed by atoms with Crippen molar-refractivity contribution < 1.29 is 4.79 Å². The van der Waals surface area contributed by atoms with Gasteiger partial charge in [-0.15, -0.1) is 0 Å². The van der Waals surface area contributed by atoms with Gasteiger partial charge < -0.3 is 10.2 Å². The molecule has 0 bridgehead atoms. The number of hydrogen-bond donors (Lipinski definition) is 1. The first kappa shape index (κ1) is 14.4. The molecule has 1 heterocycles. The molecule has 0 aromatic rings. The summed E-state index contributed by atoms with van der Waals surface area (Å²) < 4.78 is -1.84. The fourth-order valence-electron chi connectivity index (χ4n) is 1.76. The Bertz CT molecular complexity index is 253. The molecule has 1 N–H and O–H groups in total. The van der Waals surface area contributed by atoms with Gasteiger partial charge in [-0.2, -0.15) is 0 Å². The van der Waals surface area contributed by atoms with E-state index >= 15 is 0 Å². The minimum atomic E-state index is -1.84. The van der Waals surface area contributed by atoms with Gasteiger partial charge in [-0.25, -0.2) is 0 Å². The number of hydrogen-bond acceptors (Lipinski definition) is 2. The molecule has 1 saturated heterocycles. The van der Waals surface area contributed by atoms with Crippen LogP contribution in [0.25, 0.3) is 0 Å². The van der Waals surface area contributed by atoms with E-state index in [1.165, 1.54) is 0 Å². The van der Waals surface area contributed by atoms with Crippen LogP contribution in [0.1, 0.15) is 20.3 Å². The lowest BCUT2D eigenvalue weighted by atomic mass is 10.0. The highest BCUT2D eigenvalue weighted by Crippen LogP contribution is 2.29. The summed E-state index contributed by atoms with van der Waals surface area (Å²) in [5.74, 6) is 0.0237. The standard InChI is InChI=1S/C10H17Cl3N2O/c1-7(2)8-6-15(5-3-4-14-8)9(16)10(11,12)13/h7-8,14H,3-6H2,1-2H3. The van der Waals surface area contributed by atoms with Crippen molar-refractivity contribution in [2.75, 3.05) is 19.6 Å². The van der Waals surface area contributed by atoms with Crippen LogP contribution in [0, 0.1) is 5.92 Å². The van der Waals surface area contributed by atoms with Gasteiger partial charge >= 0.3 is 0 Å². The minimum Gasteiger partial charge on any atom is -0.337 e. The van der Waals surface area contributed by atoms with Crippen molar-refractivity contribution in [2.45, 2.75) is 30.1 Å². The molecule has 1 aliphatic heterocycles. The third-order valence-corrected chi connectivity index (χ3v) is 3.25. The van der Waals surface area contributed by atoms with Crippen molar-refractivity contribution in [1.29, 1.82) is 0 Å². The number of nitrogens with one attached hydrogen (secondary N) is 1. The molecular weight excluding hydrogens is 270 g/mol. The van der Waals surface area contributed by atoms with Gasteiger partial charge in [-0.1, -0.05) is 48.7 Å². The lowest BCUT2D eigenvalue weighted by Crippen LogP contribution is -2.46. The number of carbonyl (C=O) groups is 1. The van der Waals surface area contributed by atoms with Crippen LogP contribution in [0.4, 0.5) is 0 Å². The van der Waals surface area contributed by atoms with Gasteiger partial charge in [0.2, 0.25) is 0 Å². The Labute approximate surface area is 111 Å². The van der Waals surface area contributed by atoms with Crippen LogP contribution in [-0.2, 0) is 4.79 Å². The molecule has 0 spiro atoms. The minimum absolute atomic E-state index is 0.263. The maximum Gasteiger partial charge on any atom is 0.274 e. The molecule has 1 unspecified atom stereocenters. The molecule has 1 amide bonds. The second kappa shape index (κ2) is 5.76. The Balaban J connectivity index is 2.69. The van der Waals surface area contributed by atoms with E-state index in [9.17, 15) is 4.79 Å². The molecule has 0 aromatic carbocycles. The molecule has 16 heavy (non-hydrogen) atoms. The first-order valence-electron chi connectivity index (χ1n) is 5.42. The zero-order valence-electron chi connectivity index (χ0n) is 9.47. The van der Waals surface area contributed by atoms with E-state index in [0.717, 1.165) is 13.0 Å². The lowest BCUT2D eigenvalue weighted by Gasteiger charge is -2.28. The molecule has 0 aromatic heterocycles. The quantitative estimate of drug-likeness (QED) is 0.750. The van der Waals surface area contributed by atoms with Gasteiger partial charge in [0, 0.05) is 19.1 Å². The Morgan fingerprint density at radius 3 is 2.56 bits per heavy atom. The van der Waals surface area contributed by atoms with Crippen LogP contribution < -0.4 is 5.32 Å². The number of amides is 1. The molecule has 0 saturated carbocycles. The fraction of sp³-hybridized carbons (Fsp3) is 0.900. The van der Waals surface area contributed by atoms with Crippen molar-refractivity contribution in [3.63, 3.8) is 0 Å². The van der Waals surface area contributed by atoms with Crippen molar-refractivity contribution in [3.8, 4) is 0 Å². The maximum atomic E-state index is 11.8. The van der Waals surface area contributed by atoms with E-state index in [2.05, 4.69) is 19.2 Å². The normalized spacial score (nSPS) is 23.4. The van der Waals surface area contributed by atoms with Crippen LogP contribution >= 0.6 is 34.8 Å². The van der Waals surface area contributed by atoms with Gasteiger partial charge in [0.25, 0.3) is 9.70 Å². The number of carbonyl (C=O) groups excluding carboxylic acids is 1. The summed E-state index contributed by atoms with van der Waals surface area (Å²) in [6.45, 7) is 6.36. The van der Waals surface area contributed by atoms with E-state index in [1.807, 2.05) is 0 Å². The summed E-state index contributed by atoms with van der Waals surface area (Å²) in [5, 5.41) is 3.39. The average molecular weight is 288 g/mol. The van der Waals surface area contributed by atoms with Crippen molar-refractivity contribution >= 4 is 40.7 Å². The van der Waals surface area contributed by atoms with E-state index in [1.54, 1.807) is 4.90 Å². The SMILES string of the molecule is CC(C)C1CN(C(=O)C(Cl)(Cl)Cl)CCCN1. The number of halogens is 3. The first-order valence-corrected chi connectivity index (χ1v) is 6.55. The molecule has 6 heteroatoms. The molecule has 3 nitrogen and oxygen atoms in total. The fourth-order valence-corrected chi connectivity index (χ4v) is 2.12. The zero-order valence-corrected chi connectivity index (χ0v) is 11.7. The Kier molecular flexibility index (Phi) is 5.17. The summed E-state index contributed by atoms with van der Waals surface area (Å²) in [7, 11) is 0. The summed E-state index contributed by atoms with van der Waals surface area (Å²) in [4.78, 5) is 13.5. The second-order valence-corrected chi connectivity index (χ2v) is 6.69. The molecule has 1 fully saturated rings. The predicted molar refractivity (Wildman–Crippen MR) is 68.1 cm³/mol. The summed E-state index contributed by atoms with van der Waals surface area (Å²) in [6.07, 6.45) is 0.885. The smallest absolute Gasteiger partial charge is 0.274 e. The summed E-state index contributed by atoms with van der Waals surface area (Å²) >= 11 is 16.9.